The van der Waals surface area contributed by atoms with Gasteiger partial charge in [0.2, 0.25) is 0 Å². The zero-order valence-electron chi connectivity index (χ0n) is 9.19. The third-order valence-corrected chi connectivity index (χ3v) is 2.10. The van der Waals surface area contributed by atoms with Crippen LogP contribution in [0.3, 0.4) is 0 Å². The van der Waals surface area contributed by atoms with E-state index in [2.05, 4.69) is 14.5 Å². The molecular formula is C9H6ClF6NO2. The summed E-state index contributed by atoms with van der Waals surface area (Å²) >= 11 is 5.28. The first-order valence-electron chi connectivity index (χ1n) is 4.55. The van der Waals surface area contributed by atoms with Crippen molar-refractivity contribution in [3.63, 3.8) is 0 Å². The van der Waals surface area contributed by atoms with Gasteiger partial charge in [-0.05, 0) is 0 Å². The molecule has 1 heterocycles. The van der Waals surface area contributed by atoms with Crippen molar-refractivity contribution in [1.82, 2.24) is 4.98 Å². The highest BCUT2D eigenvalue weighted by Gasteiger charge is 2.41. The second-order valence-corrected chi connectivity index (χ2v) is 3.44. The fourth-order valence-corrected chi connectivity index (χ4v) is 1.36. The van der Waals surface area contributed by atoms with Gasteiger partial charge in [0.05, 0.1) is 18.7 Å². The highest BCUT2D eigenvalue weighted by molar-refractivity contribution is 6.16. The Bertz CT molecular complexity index is 459. The average molecular weight is 310 g/mol. The number of methoxy groups -OCH3 is 1. The van der Waals surface area contributed by atoms with Gasteiger partial charge in [-0.1, -0.05) is 0 Å². The molecule has 0 radical (unpaired) electrons. The van der Waals surface area contributed by atoms with Crippen LogP contribution < -0.4 is 9.47 Å². The van der Waals surface area contributed by atoms with Crippen molar-refractivity contribution in [2.75, 3.05) is 7.11 Å². The van der Waals surface area contributed by atoms with Crippen LogP contribution in [0.2, 0.25) is 0 Å². The van der Waals surface area contributed by atoms with Gasteiger partial charge in [-0.25, -0.2) is 4.98 Å². The van der Waals surface area contributed by atoms with Crippen LogP contribution in [-0.4, -0.2) is 18.5 Å². The molecule has 0 saturated heterocycles. The summed E-state index contributed by atoms with van der Waals surface area (Å²) in [5.74, 6) is -2.81. The van der Waals surface area contributed by atoms with Crippen molar-refractivity contribution in [2.24, 2.45) is 0 Å². The van der Waals surface area contributed by atoms with Crippen LogP contribution in [0, 0.1) is 0 Å². The molecule has 0 aromatic carbocycles. The number of alkyl halides is 7. The normalized spacial score (nSPS) is 12.4. The summed E-state index contributed by atoms with van der Waals surface area (Å²) in [6.45, 7) is 0. The first-order valence-corrected chi connectivity index (χ1v) is 5.08. The second kappa shape index (κ2) is 5.32. The highest BCUT2D eigenvalue weighted by Crippen LogP contribution is 2.42. The molecule has 0 saturated carbocycles. The molecule has 0 N–H and O–H groups in total. The van der Waals surface area contributed by atoms with E-state index in [9.17, 15) is 26.3 Å². The molecule has 0 spiro atoms. The zero-order chi connectivity index (χ0) is 14.8. The Morgan fingerprint density at radius 1 is 1.21 bits per heavy atom. The zero-order valence-corrected chi connectivity index (χ0v) is 9.95. The quantitative estimate of drug-likeness (QED) is 0.629. The molecule has 10 heteroatoms. The SMILES string of the molecule is COc1c(OC(F)(F)F)cc(CCl)nc1C(F)(F)F. The number of aromatic nitrogens is 1. The van der Waals surface area contributed by atoms with Crippen molar-refractivity contribution in [1.29, 1.82) is 0 Å². The lowest BCUT2D eigenvalue weighted by Gasteiger charge is -2.17. The molecule has 0 aliphatic rings. The number of ether oxygens (including phenoxy) is 2. The fraction of sp³-hybridized carbons (Fsp3) is 0.444. The number of nitrogens with zero attached hydrogens (tertiary/aromatic N) is 1. The van der Waals surface area contributed by atoms with Gasteiger partial charge in [-0.2, -0.15) is 13.2 Å². The summed E-state index contributed by atoms with van der Waals surface area (Å²) in [7, 11) is 0.774. The van der Waals surface area contributed by atoms with Crippen molar-refractivity contribution >= 4 is 11.6 Å². The lowest BCUT2D eigenvalue weighted by Crippen LogP contribution is -2.20. The predicted molar refractivity (Wildman–Crippen MR) is 52.0 cm³/mol. The summed E-state index contributed by atoms with van der Waals surface area (Å²) < 4.78 is 82.0. The summed E-state index contributed by atoms with van der Waals surface area (Å²) in [5, 5.41) is 0. The molecule has 1 rings (SSSR count). The molecule has 0 amide bonds. The summed E-state index contributed by atoms with van der Waals surface area (Å²) in [6.07, 6.45) is -10.2. The smallest absolute Gasteiger partial charge is 0.491 e. The molecule has 0 unspecified atom stereocenters. The van der Waals surface area contributed by atoms with Crippen LogP contribution in [-0.2, 0) is 12.1 Å². The van der Waals surface area contributed by atoms with Crippen LogP contribution in [0.25, 0.3) is 0 Å². The minimum Gasteiger partial charge on any atom is -0.491 e. The van der Waals surface area contributed by atoms with Crippen molar-refractivity contribution in [3.8, 4) is 11.5 Å². The second-order valence-electron chi connectivity index (χ2n) is 3.17. The van der Waals surface area contributed by atoms with Crippen molar-refractivity contribution < 1.29 is 35.8 Å². The molecule has 0 bridgehead atoms. The van der Waals surface area contributed by atoms with Gasteiger partial charge in [0, 0.05) is 6.07 Å². The maximum absolute atomic E-state index is 12.6. The summed E-state index contributed by atoms with van der Waals surface area (Å²) in [4.78, 5) is 3.09. The third-order valence-electron chi connectivity index (χ3n) is 1.83. The molecule has 1 aromatic heterocycles. The number of pyridine rings is 1. The standard InChI is InChI=1S/C9H6ClF6NO2/c1-18-6-5(19-9(14,15)16)2-4(3-10)17-7(6)8(11,12)13/h2H,3H2,1H3. The van der Waals surface area contributed by atoms with Crippen LogP contribution in [0.15, 0.2) is 6.07 Å². The Kier molecular flexibility index (Phi) is 4.39. The maximum Gasteiger partial charge on any atom is 0.573 e. The lowest BCUT2D eigenvalue weighted by atomic mass is 10.2. The van der Waals surface area contributed by atoms with Gasteiger partial charge in [0.25, 0.3) is 0 Å². The molecule has 0 aliphatic heterocycles. The Morgan fingerprint density at radius 3 is 2.16 bits per heavy atom. The van der Waals surface area contributed by atoms with E-state index >= 15 is 0 Å². The molecule has 3 nitrogen and oxygen atoms in total. The molecule has 0 aliphatic carbocycles. The van der Waals surface area contributed by atoms with Gasteiger partial charge in [-0.15, -0.1) is 24.8 Å². The van der Waals surface area contributed by atoms with E-state index < -0.39 is 41.3 Å². The minimum absolute atomic E-state index is 0.422. The van der Waals surface area contributed by atoms with E-state index in [0.29, 0.717) is 6.07 Å². The van der Waals surface area contributed by atoms with E-state index in [0.717, 1.165) is 7.11 Å². The molecular weight excluding hydrogens is 304 g/mol. The van der Waals surface area contributed by atoms with Gasteiger partial charge in [0.1, 0.15) is 0 Å². The van der Waals surface area contributed by atoms with E-state index in [1.54, 1.807) is 0 Å². The number of rotatable bonds is 3. The minimum atomic E-state index is -5.17. The first kappa shape index (κ1) is 15.7. The van der Waals surface area contributed by atoms with Crippen molar-refractivity contribution in [3.05, 3.63) is 17.5 Å². The van der Waals surface area contributed by atoms with Gasteiger partial charge >= 0.3 is 12.5 Å². The molecule has 0 atom stereocenters. The van der Waals surface area contributed by atoms with Crippen LogP contribution >= 0.6 is 11.6 Å². The van der Waals surface area contributed by atoms with E-state index in [1.807, 2.05) is 0 Å². The Hall–Kier alpha value is -1.38. The summed E-state index contributed by atoms with van der Waals surface area (Å²) in [6, 6.07) is 0.633. The number of hydrogen-bond acceptors (Lipinski definition) is 3. The van der Waals surface area contributed by atoms with Gasteiger partial charge < -0.3 is 9.47 Å². The Labute approximate surface area is 108 Å². The van der Waals surface area contributed by atoms with Crippen molar-refractivity contribution in [2.45, 2.75) is 18.4 Å². The molecule has 108 valence electrons. The number of hydrogen-bond donors (Lipinski definition) is 0. The lowest BCUT2D eigenvalue weighted by molar-refractivity contribution is -0.275. The van der Waals surface area contributed by atoms with Crippen LogP contribution in [0.1, 0.15) is 11.4 Å². The third kappa shape index (κ3) is 4.05. The van der Waals surface area contributed by atoms with Gasteiger partial charge in [-0.3, -0.25) is 0 Å². The van der Waals surface area contributed by atoms with Crippen LogP contribution in [0.5, 0.6) is 11.5 Å². The average Bonchev–Trinajstić information content (AvgIpc) is 2.24. The van der Waals surface area contributed by atoms with Gasteiger partial charge in [0.15, 0.2) is 17.2 Å². The largest absolute Gasteiger partial charge is 0.573 e. The van der Waals surface area contributed by atoms with Crippen LogP contribution in [0.4, 0.5) is 26.3 Å². The molecule has 19 heavy (non-hydrogen) atoms. The Morgan fingerprint density at radius 2 is 1.79 bits per heavy atom. The summed E-state index contributed by atoms with van der Waals surface area (Å²) in [5.41, 5.74) is -2.05. The maximum atomic E-state index is 12.6. The number of halogens is 7. The topological polar surface area (TPSA) is 31.4 Å². The molecule has 0 fully saturated rings. The molecule has 1 aromatic rings. The predicted octanol–water partition coefficient (Wildman–Crippen LogP) is 3.75. The fourth-order valence-electron chi connectivity index (χ4n) is 1.22. The highest BCUT2D eigenvalue weighted by atomic mass is 35.5. The van der Waals surface area contributed by atoms with E-state index in [4.69, 9.17) is 11.6 Å². The Balaban J connectivity index is 3.44. The first-order chi connectivity index (χ1) is 8.58. The van der Waals surface area contributed by atoms with E-state index in [-0.39, 0.29) is 0 Å². The van der Waals surface area contributed by atoms with E-state index in [1.165, 1.54) is 0 Å². The monoisotopic (exact) mass is 309 g/mol.